The van der Waals surface area contributed by atoms with Crippen molar-refractivity contribution in [1.29, 1.82) is 0 Å². The van der Waals surface area contributed by atoms with Gasteiger partial charge in [0.15, 0.2) is 9.84 Å². The SMILES string of the molecule is O=C(Cc1ccc(F)cc1)N[C@H](CCS(=O)(=O)c1ccccc1)C(=O)O. The average Bonchev–Trinajstić information content (AvgIpc) is 2.61. The molecule has 138 valence electrons. The second-order valence-corrected chi connectivity index (χ2v) is 7.79. The summed E-state index contributed by atoms with van der Waals surface area (Å²) in [6.07, 6.45) is -0.392. The first-order chi connectivity index (χ1) is 12.3. The molecule has 1 amide bonds. The monoisotopic (exact) mass is 379 g/mol. The van der Waals surface area contributed by atoms with Gasteiger partial charge in [0.05, 0.1) is 17.1 Å². The van der Waals surface area contributed by atoms with Crippen LogP contribution in [0.3, 0.4) is 0 Å². The lowest BCUT2D eigenvalue weighted by molar-refractivity contribution is -0.141. The first-order valence-corrected chi connectivity index (χ1v) is 9.47. The number of halogens is 1. The first-order valence-electron chi connectivity index (χ1n) is 7.82. The molecule has 0 aliphatic heterocycles. The Morgan fingerprint density at radius 1 is 1.04 bits per heavy atom. The molecule has 0 bridgehead atoms. The molecule has 0 aromatic heterocycles. The number of aliphatic carboxylic acids is 1. The van der Waals surface area contributed by atoms with Crippen LogP contribution in [0, 0.1) is 5.82 Å². The number of carbonyl (C=O) groups excluding carboxylic acids is 1. The minimum atomic E-state index is -3.64. The highest BCUT2D eigenvalue weighted by atomic mass is 32.2. The number of hydrogen-bond donors (Lipinski definition) is 2. The van der Waals surface area contributed by atoms with Crippen LogP contribution in [0.1, 0.15) is 12.0 Å². The van der Waals surface area contributed by atoms with E-state index in [9.17, 15) is 27.5 Å². The van der Waals surface area contributed by atoms with Gasteiger partial charge in [0.25, 0.3) is 0 Å². The van der Waals surface area contributed by atoms with E-state index in [-0.39, 0.29) is 17.7 Å². The first kappa shape index (κ1) is 19.6. The van der Waals surface area contributed by atoms with E-state index in [1.807, 2.05) is 0 Å². The number of sulfone groups is 1. The van der Waals surface area contributed by atoms with Crippen LogP contribution in [0.5, 0.6) is 0 Å². The van der Waals surface area contributed by atoms with Crippen LogP contribution < -0.4 is 5.32 Å². The number of carbonyl (C=O) groups is 2. The number of hydrogen-bond acceptors (Lipinski definition) is 4. The van der Waals surface area contributed by atoms with Gasteiger partial charge >= 0.3 is 5.97 Å². The molecule has 0 aliphatic carbocycles. The lowest BCUT2D eigenvalue weighted by Crippen LogP contribution is -2.42. The van der Waals surface area contributed by atoms with E-state index in [1.54, 1.807) is 18.2 Å². The maximum absolute atomic E-state index is 12.9. The molecule has 2 N–H and O–H groups in total. The molecular formula is C18H18FNO5S. The standard InChI is InChI=1S/C18H18FNO5S/c19-14-8-6-13(7-9-14)12-17(21)20-16(18(22)23)10-11-26(24,25)15-4-2-1-3-5-15/h1-9,16H,10-12H2,(H,20,21)(H,22,23)/t16-/m1/s1. The molecule has 2 aromatic carbocycles. The molecule has 0 saturated carbocycles. The molecule has 0 unspecified atom stereocenters. The maximum atomic E-state index is 12.9. The summed E-state index contributed by atoms with van der Waals surface area (Å²) in [5.41, 5.74) is 0.518. The molecule has 0 spiro atoms. The van der Waals surface area contributed by atoms with Gasteiger partial charge in [-0.2, -0.15) is 0 Å². The molecule has 0 aliphatic rings. The fraction of sp³-hybridized carbons (Fsp3) is 0.222. The van der Waals surface area contributed by atoms with Gasteiger partial charge in [0.2, 0.25) is 5.91 Å². The highest BCUT2D eigenvalue weighted by molar-refractivity contribution is 7.91. The van der Waals surface area contributed by atoms with Gasteiger partial charge in [0.1, 0.15) is 11.9 Å². The quantitative estimate of drug-likeness (QED) is 0.728. The smallest absolute Gasteiger partial charge is 0.326 e. The second kappa shape index (κ2) is 8.57. The van der Waals surface area contributed by atoms with E-state index < -0.39 is 39.3 Å². The van der Waals surface area contributed by atoms with Crippen molar-refractivity contribution in [3.63, 3.8) is 0 Å². The Morgan fingerprint density at radius 3 is 2.23 bits per heavy atom. The molecule has 2 rings (SSSR count). The Balaban J connectivity index is 1.97. The molecule has 26 heavy (non-hydrogen) atoms. The maximum Gasteiger partial charge on any atom is 0.326 e. The summed E-state index contributed by atoms with van der Waals surface area (Å²) in [6, 6.07) is 11.6. The molecule has 0 saturated heterocycles. The van der Waals surface area contributed by atoms with Crippen LogP contribution in [0.4, 0.5) is 4.39 Å². The Bertz CT molecular complexity index is 866. The number of benzene rings is 2. The molecule has 8 heteroatoms. The number of amides is 1. The van der Waals surface area contributed by atoms with Gasteiger partial charge < -0.3 is 10.4 Å². The Kier molecular flexibility index (Phi) is 6.46. The third kappa shape index (κ3) is 5.66. The van der Waals surface area contributed by atoms with Gasteiger partial charge in [0, 0.05) is 0 Å². The fourth-order valence-corrected chi connectivity index (χ4v) is 3.66. The zero-order chi connectivity index (χ0) is 19.2. The summed E-state index contributed by atoms with van der Waals surface area (Å²) in [5, 5.41) is 11.5. The highest BCUT2D eigenvalue weighted by Gasteiger charge is 2.24. The van der Waals surface area contributed by atoms with Crippen molar-refractivity contribution in [3.05, 3.63) is 66.0 Å². The van der Waals surface area contributed by atoms with Crippen LogP contribution in [-0.4, -0.2) is 37.2 Å². The number of carboxylic acids is 1. The van der Waals surface area contributed by atoms with Gasteiger partial charge in [-0.25, -0.2) is 17.6 Å². The van der Waals surface area contributed by atoms with Gasteiger partial charge in [-0.1, -0.05) is 30.3 Å². The summed E-state index contributed by atoms with van der Waals surface area (Å²) in [7, 11) is -3.64. The van der Waals surface area contributed by atoms with Crippen molar-refractivity contribution in [1.82, 2.24) is 5.32 Å². The lowest BCUT2D eigenvalue weighted by Gasteiger charge is -2.15. The predicted octanol–water partition coefficient (Wildman–Crippen LogP) is 1.80. The molecule has 1 atom stereocenters. The fourth-order valence-electron chi connectivity index (χ4n) is 2.31. The molecule has 2 aromatic rings. The Morgan fingerprint density at radius 2 is 1.65 bits per heavy atom. The minimum Gasteiger partial charge on any atom is -0.480 e. The summed E-state index contributed by atoms with van der Waals surface area (Å²) in [4.78, 5) is 23.4. The van der Waals surface area contributed by atoms with Crippen molar-refractivity contribution in [2.75, 3.05) is 5.75 Å². The van der Waals surface area contributed by atoms with Crippen LogP contribution in [0.25, 0.3) is 0 Å². The van der Waals surface area contributed by atoms with Crippen molar-refractivity contribution >= 4 is 21.7 Å². The number of rotatable bonds is 8. The topological polar surface area (TPSA) is 101 Å². The molecule has 0 fully saturated rings. The summed E-state index contributed by atoms with van der Waals surface area (Å²) >= 11 is 0. The highest BCUT2D eigenvalue weighted by Crippen LogP contribution is 2.12. The van der Waals surface area contributed by atoms with E-state index >= 15 is 0 Å². The van der Waals surface area contributed by atoms with E-state index in [1.165, 1.54) is 36.4 Å². The van der Waals surface area contributed by atoms with Gasteiger partial charge in [-0.3, -0.25) is 4.79 Å². The minimum absolute atomic E-state index is 0.0989. The third-order valence-corrected chi connectivity index (χ3v) is 5.45. The third-order valence-electron chi connectivity index (χ3n) is 3.69. The molecule has 6 nitrogen and oxygen atoms in total. The van der Waals surface area contributed by atoms with Crippen LogP contribution in [0.15, 0.2) is 59.5 Å². The van der Waals surface area contributed by atoms with Crippen molar-refractivity contribution in [3.8, 4) is 0 Å². The zero-order valence-electron chi connectivity index (χ0n) is 13.8. The second-order valence-electron chi connectivity index (χ2n) is 5.68. The van der Waals surface area contributed by atoms with E-state index in [0.717, 1.165) is 0 Å². The van der Waals surface area contributed by atoms with Gasteiger partial charge in [-0.15, -0.1) is 0 Å². The number of nitrogens with one attached hydrogen (secondary N) is 1. The van der Waals surface area contributed by atoms with Crippen LogP contribution in [0.2, 0.25) is 0 Å². The molecule has 0 radical (unpaired) electrons. The van der Waals surface area contributed by atoms with Crippen LogP contribution >= 0.6 is 0 Å². The zero-order valence-corrected chi connectivity index (χ0v) is 14.6. The average molecular weight is 379 g/mol. The predicted molar refractivity (Wildman–Crippen MR) is 92.8 cm³/mol. The van der Waals surface area contributed by atoms with E-state index in [4.69, 9.17) is 0 Å². The van der Waals surface area contributed by atoms with E-state index in [2.05, 4.69) is 5.32 Å². The molecular weight excluding hydrogens is 361 g/mol. The van der Waals surface area contributed by atoms with Crippen molar-refractivity contribution in [2.24, 2.45) is 0 Å². The van der Waals surface area contributed by atoms with Gasteiger partial charge in [-0.05, 0) is 36.2 Å². The summed E-state index contributed by atoms with van der Waals surface area (Å²) in [6.45, 7) is 0. The Labute approximate surface area is 150 Å². The summed E-state index contributed by atoms with van der Waals surface area (Å²) in [5.74, 6) is -2.75. The largest absolute Gasteiger partial charge is 0.480 e. The normalized spacial score (nSPS) is 12.3. The Hall–Kier alpha value is -2.74. The van der Waals surface area contributed by atoms with Crippen LogP contribution in [-0.2, 0) is 25.8 Å². The van der Waals surface area contributed by atoms with Crippen molar-refractivity contribution in [2.45, 2.75) is 23.8 Å². The van der Waals surface area contributed by atoms with Crippen molar-refractivity contribution < 1.29 is 27.5 Å². The lowest BCUT2D eigenvalue weighted by atomic mass is 10.1. The van der Waals surface area contributed by atoms with E-state index in [0.29, 0.717) is 5.56 Å². The number of carboxylic acid groups (broad SMARTS) is 1. The summed E-state index contributed by atoms with van der Waals surface area (Å²) < 4.78 is 37.3. The molecule has 0 heterocycles.